The summed E-state index contributed by atoms with van der Waals surface area (Å²) in [6.07, 6.45) is 0. The van der Waals surface area contributed by atoms with E-state index < -0.39 is 23.1 Å². The molecular weight excluding hydrogens is 425 g/mol. The Morgan fingerprint density at radius 3 is 2.30 bits per heavy atom. The first-order chi connectivity index (χ1) is 14.3. The fourth-order valence-corrected chi connectivity index (χ4v) is 4.98. The van der Waals surface area contributed by atoms with E-state index in [2.05, 4.69) is 4.99 Å². The molecule has 0 radical (unpaired) electrons. The normalized spacial score (nSPS) is 19.2. The van der Waals surface area contributed by atoms with E-state index in [-0.39, 0.29) is 17.2 Å². The monoisotopic (exact) mass is 439 g/mol. The number of carbonyl (C=O) groups excluding carboxylic acids is 1. The minimum absolute atomic E-state index is 0.123. The fraction of sp³-hybridized carbons (Fsp3) is 0.182. The molecular formula is C22H15Cl2N3O3. The fourth-order valence-electron chi connectivity index (χ4n) is 4.46. The number of benzene rings is 2. The van der Waals surface area contributed by atoms with Crippen LogP contribution in [0.1, 0.15) is 33.0 Å². The lowest BCUT2D eigenvalue weighted by molar-refractivity contribution is 0.0953. The smallest absolute Gasteiger partial charge is 0.293 e. The third kappa shape index (κ3) is 2.44. The number of nitrogens with zero attached hydrogens (tertiary/aromatic N) is 3. The second kappa shape index (κ2) is 6.52. The number of hydrogen-bond donors (Lipinski definition) is 0. The van der Waals surface area contributed by atoms with Crippen LogP contribution in [0.5, 0.6) is 0 Å². The van der Waals surface area contributed by atoms with Crippen LogP contribution in [0, 0.1) is 5.92 Å². The Bertz CT molecular complexity index is 1420. The molecule has 3 aromatic rings. The zero-order chi connectivity index (χ0) is 21.3. The van der Waals surface area contributed by atoms with Crippen molar-refractivity contribution >= 4 is 40.5 Å². The summed E-state index contributed by atoms with van der Waals surface area (Å²) in [5, 5.41) is 0.794. The summed E-state index contributed by atoms with van der Waals surface area (Å²) in [5.74, 6) is -1.28. The molecule has 0 spiro atoms. The van der Waals surface area contributed by atoms with Gasteiger partial charge >= 0.3 is 5.69 Å². The van der Waals surface area contributed by atoms with Gasteiger partial charge in [0.2, 0.25) is 0 Å². The summed E-state index contributed by atoms with van der Waals surface area (Å²) in [4.78, 5) is 43.9. The highest BCUT2D eigenvalue weighted by Gasteiger charge is 2.48. The van der Waals surface area contributed by atoms with E-state index in [0.717, 1.165) is 4.57 Å². The predicted octanol–water partition coefficient (Wildman–Crippen LogP) is 3.47. The molecule has 150 valence electrons. The average molecular weight is 440 g/mol. The third-order valence-electron chi connectivity index (χ3n) is 5.88. The first kappa shape index (κ1) is 19.0. The van der Waals surface area contributed by atoms with Gasteiger partial charge in [-0.25, -0.2) is 9.79 Å². The second-order valence-corrected chi connectivity index (χ2v) is 8.31. The van der Waals surface area contributed by atoms with Gasteiger partial charge in [-0.3, -0.25) is 18.7 Å². The van der Waals surface area contributed by atoms with Gasteiger partial charge in [0.25, 0.3) is 5.56 Å². The van der Waals surface area contributed by atoms with Crippen LogP contribution in [0.2, 0.25) is 10.0 Å². The first-order valence-corrected chi connectivity index (χ1v) is 10.0. The van der Waals surface area contributed by atoms with Crippen molar-refractivity contribution in [2.45, 2.75) is 5.92 Å². The Morgan fingerprint density at radius 1 is 0.900 bits per heavy atom. The van der Waals surface area contributed by atoms with E-state index in [4.69, 9.17) is 23.2 Å². The van der Waals surface area contributed by atoms with Crippen LogP contribution < -0.4 is 11.2 Å². The molecule has 2 heterocycles. The van der Waals surface area contributed by atoms with Crippen LogP contribution >= 0.6 is 23.2 Å². The predicted molar refractivity (Wildman–Crippen MR) is 116 cm³/mol. The molecule has 0 unspecified atom stereocenters. The molecule has 1 aliphatic heterocycles. The number of fused-ring (bicyclic) bond motifs is 4. The van der Waals surface area contributed by atoms with Gasteiger partial charge in [0.1, 0.15) is 5.82 Å². The maximum Gasteiger partial charge on any atom is 0.332 e. The molecule has 1 aliphatic carbocycles. The SMILES string of the molecule is Cn1c2c(c(=O)n(C)c1=O)[C@H](c1ccc(Cl)cc1Cl)[C@@H]1C(=O)c3ccccc3C1=N2. The number of ketones is 1. The van der Waals surface area contributed by atoms with E-state index in [1.165, 1.54) is 11.6 Å². The van der Waals surface area contributed by atoms with E-state index in [1.54, 1.807) is 37.4 Å². The Labute approximate surface area is 181 Å². The van der Waals surface area contributed by atoms with Gasteiger partial charge in [-0.1, -0.05) is 53.5 Å². The largest absolute Gasteiger partial charge is 0.332 e. The van der Waals surface area contributed by atoms with E-state index in [0.29, 0.717) is 32.4 Å². The lowest BCUT2D eigenvalue weighted by atomic mass is 9.76. The van der Waals surface area contributed by atoms with Gasteiger partial charge in [-0.15, -0.1) is 0 Å². The van der Waals surface area contributed by atoms with Crippen molar-refractivity contribution in [1.82, 2.24) is 9.13 Å². The molecule has 0 amide bonds. The zero-order valence-electron chi connectivity index (χ0n) is 16.0. The minimum Gasteiger partial charge on any atom is -0.293 e. The van der Waals surface area contributed by atoms with Crippen LogP contribution in [0.4, 0.5) is 5.82 Å². The average Bonchev–Trinajstić information content (AvgIpc) is 3.02. The maximum absolute atomic E-state index is 13.4. The molecule has 0 N–H and O–H groups in total. The first-order valence-electron chi connectivity index (χ1n) is 9.28. The second-order valence-electron chi connectivity index (χ2n) is 7.47. The van der Waals surface area contributed by atoms with E-state index in [9.17, 15) is 14.4 Å². The third-order valence-corrected chi connectivity index (χ3v) is 6.44. The number of halogens is 2. The topological polar surface area (TPSA) is 73.4 Å². The molecule has 2 atom stereocenters. The lowest BCUT2D eigenvalue weighted by Crippen LogP contribution is -2.43. The Kier molecular flexibility index (Phi) is 4.14. The van der Waals surface area contributed by atoms with Gasteiger partial charge in [-0.05, 0) is 17.7 Å². The molecule has 0 fully saturated rings. The number of Topliss-reactive ketones (excluding diaryl/α,β-unsaturated/α-hetero) is 1. The Balaban J connectivity index is 1.92. The van der Waals surface area contributed by atoms with Crippen LogP contribution in [-0.2, 0) is 14.1 Å². The van der Waals surface area contributed by atoms with Crippen molar-refractivity contribution in [3.05, 3.63) is 95.6 Å². The molecule has 1 aromatic heterocycles. The maximum atomic E-state index is 13.4. The summed E-state index contributed by atoms with van der Waals surface area (Å²) in [6, 6.07) is 12.2. The molecule has 5 rings (SSSR count). The van der Waals surface area contributed by atoms with Gasteiger partial charge in [0.05, 0.1) is 17.2 Å². The number of aliphatic imine (C=N–C) groups is 1. The molecule has 0 saturated heterocycles. The summed E-state index contributed by atoms with van der Waals surface area (Å²) in [6.45, 7) is 0. The molecule has 6 nitrogen and oxygen atoms in total. The van der Waals surface area contributed by atoms with Gasteiger partial charge in [0.15, 0.2) is 5.78 Å². The van der Waals surface area contributed by atoms with Crippen molar-refractivity contribution in [3.8, 4) is 0 Å². The highest BCUT2D eigenvalue weighted by molar-refractivity contribution is 6.35. The van der Waals surface area contributed by atoms with Crippen molar-refractivity contribution in [2.75, 3.05) is 0 Å². The van der Waals surface area contributed by atoms with Gasteiger partial charge in [-0.2, -0.15) is 0 Å². The van der Waals surface area contributed by atoms with Crippen LogP contribution in [0.25, 0.3) is 0 Å². The zero-order valence-corrected chi connectivity index (χ0v) is 17.5. The van der Waals surface area contributed by atoms with Crippen LogP contribution in [0.15, 0.2) is 57.0 Å². The minimum atomic E-state index is -0.709. The molecule has 0 saturated carbocycles. The number of aromatic nitrogens is 2. The summed E-state index contributed by atoms with van der Waals surface area (Å²) in [5.41, 5.74) is 1.70. The Hall–Kier alpha value is -2.96. The van der Waals surface area contributed by atoms with E-state index in [1.807, 2.05) is 12.1 Å². The highest BCUT2D eigenvalue weighted by Crippen LogP contribution is 2.48. The summed E-state index contributed by atoms with van der Waals surface area (Å²) >= 11 is 12.6. The molecule has 8 heteroatoms. The van der Waals surface area contributed by atoms with Crippen molar-refractivity contribution < 1.29 is 4.79 Å². The van der Waals surface area contributed by atoms with Crippen molar-refractivity contribution in [1.29, 1.82) is 0 Å². The standard InChI is InChI=1S/C22H15Cl2N3O3/c1-26-20-17(21(29)27(2)22(26)30)15(13-8-7-10(23)9-14(13)24)16-18(25-20)11-5-3-4-6-12(11)19(16)28/h3-9,15-16H,1-2H3/t15-,16+/m1/s1. The molecule has 0 bridgehead atoms. The van der Waals surface area contributed by atoms with Crippen molar-refractivity contribution in [3.63, 3.8) is 0 Å². The molecule has 2 aliphatic rings. The Morgan fingerprint density at radius 2 is 1.60 bits per heavy atom. The lowest BCUT2D eigenvalue weighted by Gasteiger charge is -2.30. The highest BCUT2D eigenvalue weighted by atomic mass is 35.5. The van der Waals surface area contributed by atoms with Gasteiger partial charge in [0, 0.05) is 41.2 Å². The van der Waals surface area contributed by atoms with E-state index >= 15 is 0 Å². The van der Waals surface area contributed by atoms with Gasteiger partial charge < -0.3 is 0 Å². The quantitative estimate of drug-likeness (QED) is 0.582. The number of hydrogen-bond acceptors (Lipinski definition) is 4. The number of rotatable bonds is 1. The van der Waals surface area contributed by atoms with Crippen LogP contribution in [0.3, 0.4) is 0 Å². The van der Waals surface area contributed by atoms with Crippen molar-refractivity contribution in [2.24, 2.45) is 25.0 Å². The van der Waals surface area contributed by atoms with Crippen LogP contribution in [-0.4, -0.2) is 20.6 Å². The number of carbonyl (C=O) groups is 1. The molecule has 30 heavy (non-hydrogen) atoms. The molecule has 2 aromatic carbocycles. The summed E-state index contributed by atoms with van der Waals surface area (Å²) < 4.78 is 2.37. The summed E-state index contributed by atoms with van der Waals surface area (Å²) in [7, 11) is 2.98.